The fourth-order valence-electron chi connectivity index (χ4n) is 4.89. The lowest BCUT2D eigenvalue weighted by Crippen LogP contribution is -2.22. The summed E-state index contributed by atoms with van der Waals surface area (Å²) in [5.74, 6) is -0.880. The summed E-state index contributed by atoms with van der Waals surface area (Å²) in [4.78, 5) is 25.6. The van der Waals surface area contributed by atoms with E-state index in [1.54, 1.807) is 13.1 Å². The molecule has 2 saturated carbocycles. The second-order valence-corrected chi connectivity index (χ2v) is 11.0. The Kier molecular flexibility index (Phi) is 5.39. The first kappa shape index (κ1) is 21.9. The van der Waals surface area contributed by atoms with E-state index < -0.39 is 5.97 Å². The molecule has 0 saturated heterocycles. The molecule has 1 aromatic carbocycles. The molecule has 2 aliphatic carbocycles. The third kappa shape index (κ3) is 4.09. The third-order valence-corrected chi connectivity index (χ3v) is 7.46. The van der Waals surface area contributed by atoms with Crippen molar-refractivity contribution in [1.29, 1.82) is 0 Å². The van der Waals surface area contributed by atoms with E-state index in [4.69, 9.17) is 0 Å². The Balaban J connectivity index is 1.90. The van der Waals surface area contributed by atoms with Gasteiger partial charge in [-0.05, 0) is 72.3 Å². The van der Waals surface area contributed by atoms with E-state index in [0.717, 1.165) is 31.4 Å². The topological polar surface area (TPSA) is 59.3 Å². The molecule has 0 atom stereocenters. The van der Waals surface area contributed by atoms with Crippen LogP contribution in [0.15, 0.2) is 24.4 Å². The molecule has 4 rings (SSSR count). The summed E-state index contributed by atoms with van der Waals surface area (Å²) in [6.45, 7) is 10.7. The molecule has 2 aromatic rings. The van der Waals surface area contributed by atoms with Crippen LogP contribution in [0, 0.1) is 12.8 Å². The van der Waals surface area contributed by atoms with E-state index in [9.17, 15) is 14.7 Å². The molecule has 4 nitrogen and oxygen atoms in total. The van der Waals surface area contributed by atoms with Crippen molar-refractivity contribution in [1.82, 2.24) is 4.57 Å². The average Bonchev–Trinajstić information content (AvgIpc) is 3.38. The normalized spacial score (nSPS) is 18.7. The van der Waals surface area contributed by atoms with E-state index >= 15 is 0 Å². The van der Waals surface area contributed by atoms with Crippen molar-refractivity contribution in [2.45, 2.75) is 90.4 Å². The minimum atomic E-state index is -0.977. The number of ketones is 1. The molecule has 0 amide bonds. The molecule has 1 N–H and O–H groups in total. The predicted molar refractivity (Wildman–Crippen MR) is 124 cm³/mol. The minimum Gasteiger partial charge on any atom is -0.478 e. The number of aromatic nitrogens is 1. The molecule has 0 unspecified atom stereocenters. The maximum absolute atomic E-state index is 13.6. The molecule has 1 aromatic heterocycles. The maximum Gasteiger partial charge on any atom is 0.337 e. The number of hydrogen-bond donors (Lipinski definition) is 1. The van der Waals surface area contributed by atoms with Gasteiger partial charge in [-0.3, -0.25) is 4.79 Å². The van der Waals surface area contributed by atoms with E-state index in [1.165, 1.54) is 30.4 Å². The number of carboxylic acid groups (broad SMARTS) is 1. The number of carbonyl (C=O) groups is 2. The zero-order valence-corrected chi connectivity index (χ0v) is 19.5. The monoisotopic (exact) mass is 421 g/mol. The number of aromatic carboxylic acids is 1. The highest BCUT2D eigenvalue weighted by Crippen LogP contribution is 2.49. The first-order chi connectivity index (χ1) is 14.5. The largest absolute Gasteiger partial charge is 0.478 e. The van der Waals surface area contributed by atoms with E-state index in [1.807, 2.05) is 4.57 Å². The van der Waals surface area contributed by atoms with Crippen LogP contribution in [0.4, 0.5) is 0 Å². The Morgan fingerprint density at radius 2 is 1.71 bits per heavy atom. The van der Waals surface area contributed by atoms with Crippen LogP contribution in [0.3, 0.4) is 0 Å². The van der Waals surface area contributed by atoms with Gasteiger partial charge in [0.05, 0.1) is 11.3 Å². The molecule has 0 radical (unpaired) electrons. The molecule has 2 aliphatic rings. The molecule has 0 bridgehead atoms. The lowest BCUT2D eigenvalue weighted by molar-refractivity contribution is 0.0696. The summed E-state index contributed by atoms with van der Waals surface area (Å²) in [6.07, 6.45) is 9.12. The molecule has 166 valence electrons. The van der Waals surface area contributed by atoms with Gasteiger partial charge in [0, 0.05) is 17.8 Å². The molecule has 2 fully saturated rings. The van der Waals surface area contributed by atoms with Gasteiger partial charge in [-0.15, -0.1) is 0 Å². The zero-order valence-electron chi connectivity index (χ0n) is 19.5. The highest BCUT2D eigenvalue weighted by molar-refractivity contribution is 6.02. The summed E-state index contributed by atoms with van der Waals surface area (Å²) in [5, 5.41) is 9.80. The highest BCUT2D eigenvalue weighted by atomic mass is 16.4. The van der Waals surface area contributed by atoms with Crippen molar-refractivity contribution in [2.24, 2.45) is 5.92 Å². The van der Waals surface area contributed by atoms with Crippen LogP contribution < -0.4 is 0 Å². The number of carboxylic acids is 1. The lowest BCUT2D eigenvalue weighted by atomic mass is 9.83. The summed E-state index contributed by atoms with van der Waals surface area (Å²) in [6, 6.07) is 6.61. The van der Waals surface area contributed by atoms with Crippen LogP contribution in [0.2, 0.25) is 0 Å². The summed E-state index contributed by atoms with van der Waals surface area (Å²) >= 11 is 0. The van der Waals surface area contributed by atoms with Crippen LogP contribution in [0.25, 0.3) is 5.69 Å². The lowest BCUT2D eigenvalue weighted by Gasteiger charge is -2.25. The maximum atomic E-state index is 13.6. The average molecular weight is 422 g/mol. The van der Waals surface area contributed by atoms with Crippen LogP contribution >= 0.6 is 0 Å². The number of nitrogens with zero attached hydrogens (tertiary/aromatic N) is 1. The molecular weight excluding hydrogens is 386 g/mol. The number of hydrogen-bond acceptors (Lipinski definition) is 2. The number of Topliss-reactive ketones (excluding diaryl/α,β-unsaturated/α-hetero) is 1. The highest BCUT2D eigenvalue weighted by Gasteiger charge is 2.40. The van der Waals surface area contributed by atoms with Crippen molar-refractivity contribution in [2.75, 3.05) is 0 Å². The first-order valence-electron chi connectivity index (χ1n) is 11.7. The number of benzene rings is 1. The van der Waals surface area contributed by atoms with Crippen molar-refractivity contribution in [3.05, 3.63) is 52.3 Å². The first-order valence-corrected chi connectivity index (χ1v) is 11.7. The molecule has 0 aliphatic heterocycles. The van der Waals surface area contributed by atoms with Gasteiger partial charge < -0.3 is 9.67 Å². The van der Waals surface area contributed by atoms with Crippen molar-refractivity contribution in [3.8, 4) is 5.69 Å². The fourth-order valence-corrected chi connectivity index (χ4v) is 4.89. The van der Waals surface area contributed by atoms with Gasteiger partial charge in [0.2, 0.25) is 0 Å². The SMILES string of the molecule is Cc1c(C(=O)O)cn(-c2cc(C(C)(C)C)cc(C3(C)CC3)c2)c1C(=O)C1CCCCC1. The number of rotatable bonds is 5. The second kappa shape index (κ2) is 7.65. The van der Waals surface area contributed by atoms with Crippen LogP contribution in [-0.2, 0) is 10.8 Å². The predicted octanol–water partition coefficient (Wildman–Crippen LogP) is 6.60. The Labute approximate surface area is 185 Å². The number of carbonyl (C=O) groups excluding carboxylic acids is 1. The van der Waals surface area contributed by atoms with Crippen molar-refractivity contribution in [3.63, 3.8) is 0 Å². The van der Waals surface area contributed by atoms with Crippen LogP contribution in [-0.4, -0.2) is 21.4 Å². The van der Waals surface area contributed by atoms with Gasteiger partial charge >= 0.3 is 5.97 Å². The smallest absolute Gasteiger partial charge is 0.337 e. The van der Waals surface area contributed by atoms with Crippen LogP contribution in [0.5, 0.6) is 0 Å². The standard InChI is InChI=1S/C27H35NO3/c1-17-22(25(30)31)16-28(23(17)24(29)18-9-7-6-8-10-18)21-14-19(26(2,3)4)13-20(15-21)27(5)11-12-27/h13-16,18H,6-12H2,1-5H3,(H,30,31). The molecular formula is C27H35NO3. The Bertz CT molecular complexity index is 1000. The van der Waals surface area contributed by atoms with Gasteiger partial charge in [0.25, 0.3) is 0 Å². The second-order valence-electron chi connectivity index (χ2n) is 11.0. The third-order valence-electron chi connectivity index (χ3n) is 7.46. The Morgan fingerprint density at radius 1 is 1.06 bits per heavy atom. The summed E-state index contributed by atoms with van der Waals surface area (Å²) < 4.78 is 1.88. The van der Waals surface area contributed by atoms with E-state index in [-0.39, 0.29) is 28.1 Å². The van der Waals surface area contributed by atoms with Gasteiger partial charge in [0.1, 0.15) is 0 Å². The minimum absolute atomic E-state index is 0.00559. The van der Waals surface area contributed by atoms with Gasteiger partial charge in [-0.2, -0.15) is 0 Å². The molecule has 1 heterocycles. The quantitative estimate of drug-likeness (QED) is 0.554. The molecule has 4 heteroatoms. The Morgan fingerprint density at radius 3 is 2.26 bits per heavy atom. The van der Waals surface area contributed by atoms with Gasteiger partial charge in [0.15, 0.2) is 5.78 Å². The molecule has 31 heavy (non-hydrogen) atoms. The summed E-state index contributed by atoms with van der Waals surface area (Å²) in [7, 11) is 0. The van der Waals surface area contributed by atoms with Gasteiger partial charge in [-0.25, -0.2) is 4.79 Å². The zero-order chi connectivity index (χ0) is 22.6. The van der Waals surface area contributed by atoms with Crippen molar-refractivity contribution < 1.29 is 14.7 Å². The molecule has 0 spiro atoms. The summed E-state index contributed by atoms with van der Waals surface area (Å²) in [5.41, 5.74) is 4.92. The Hall–Kier alpha value is -2.36. The van der Waals surface area contributed by atoms with E-state index in [0.29, 0.717) is 11.3 Å². The van der Waals surface area contributed by atoms with Gasteiger partial charge in [-0.1, -0.05) is 53.0 Å². The van der Waals surface area contributed by atoms with E-state index in [2.05, 4.69) is 45.9 Å². The fraction of sp³-hybridized carbons (Fsp3) is 0.556. The van der Waals surface area contributed by atoms with Crippen molar-refractivity contribution >= 4 is 11.8 Å². The van der Waals surface area contributed by atoms with Crippen LogP contribution in [0.1, 0.15) is 110 Å².